The molecule has 0 fully saturated rings. The molecule has 12 rings (SSSR count). The predicted molar refractivity (Wildman–Crippen MR) is 264 cm³/mol. The summed E-state index contributed by atoms with van der Waals surface area (Å²) in [7, 11) is 0. The van der Waals surface area contributed by atoms with Gasteiger partial charge >= 0.3 is 27.1 Å². The Kier molecular flexibility index (Phi) is 8.64. The molecule has 8 nitrogen and oxygen atoms in total. The summed E-state index contributed by atoms with van der Waals surface area (Å²) in [5.74, 6) is 2.41. The maximum Gasteiger partial charge on any atom is 2.00 e. The Bertz CT molecular complexity index is 4160. The third kappa shape index (κ3) is 7.94. The molecule has 0 saturated carbocycles. The van der Waals surface area contributed by atoms with Gasteiger partial charge in [-0.25, -0.2) is 19.9 Å². The van der Waals surface area contributed by atoms with Crippen LogP contribution in [0.5, 0.6) is 11.5 Å². The van der Waals surface area contributed by atoms with Crippen molar-refractivity contribution in [2.45, 2.75) is 0 Å². The number of aromatic nitrogens is 5. The molecule has 68 heavy (non-hydrogen) atoms. The van der Waals surface area contributed by atoms with Crippen molar-refractivity contribution in [1.82, 2.24) is 24.5 Å². The van der Waals surface area contributed by atoms with E-state index in [0.29, 0.717) is 40.1 Å². The minimum absolute atomic E-state index is 0. The van der Waals surface area contributed by atoms with Crippen molar-refractivity contribution in [1.29, 1.82) is 0 Å². The number of para-hydroxylation sites is 2. The molecule has 0 spiro atoms. The van der Waals surface area contributed by atoms with E-state index in [1.54, 1.807) is 59.6 Å². The maximum absolute atomic E-state index is 8.95. The van der Waals surface area contributed by atoms with Crippen molar-refractivity contribution >= 4 is 39.2 Å². The van der Waals surface area contributed by atoms with E-state index < -0.39 is 60.4 Å². The van der Waals surface area contributed by atoms with E-state index >= 15 is 0 Å². The van der Waals surface area contributed by atoms with Crippen molar-refractivity contribution in [2.24, 2.45) is 0 Å². The van der Waals surface area contributed by atoms with Gasteiger partial charge in [-0.3, -0.25) is 0 Å². The van der Waals surface area contributed by atoms with E-state index in [4.69, 9.17) is 38.4 Å². The Morgan fingerprint density at radius 2 is 1.13 bits per heavy atom. The molecule has 4 heterocycles. The first-order valence-corrected chi connectivity index (χ1v) is 21.1. The third-order valence-electron chi connectivity index (χ3n) is 11.1. The van der Waals surface area contributed by atoms with Crippen LogP contribution in [0, 0.1) is 12.1 Å². The smallest absolute Gasteiger partial charge is 0.508 e. The molecule has 322 valence electrons. The summed E-state index contributed by atoms with van der Waals surface area (Å²) in [6.45, 7) is 0. The number of ether oxygens (including phenoxy) is 1. The average Bonchev–Trinajstić information content (AvgIpc) is 4.30. The Morgan fingerprint density at radius 3 is 1.79 bits per heavy atom. The summed E-state index contributed by atoms with van der Waals surface area (Å²) in [5, 5.41) is 1.78. The third-order valence-corrected chi connectivity index (χ3v) is 11.1. The first-order valence-electron chi connectivity index (χ1n) is 26.1. The molecule has 1 aliphatic heterocycles. The van der Waals surface area contributed by atoms with Crippen molar-refractivity contribution < 1.29 is 48.7 Å². The van der Waals surface area contributed by atoms with Gasteiger partial charge in [-0.15, -0.1) is 23.6 Å². The van der Waals surface area contributed by atoms with Gasteiger partial charge in [-0.05, 0) is 52.4 Å². The molecule has 0 amide bonds. The van der Waals surface area contributed by atoms with Gasteiger partial charge in [0.25, 0.3) is 12.4 Å². The van der Waals surface area contributed by atoms with E-state index in [9.17, 15) is 0 Å². The first kappa shape index (κ1) is 32.1. The van der Waals surface area contributed by atoms with Crippen LogP contribution in [0.3, 0.4) is 0 Å². The summed E-state index contributed by atoms with van der Waals surface area (Å²) in [4.78, 5) is 19.8. The minimum Gasteiger partial charge on any atom is -0.508 e. The molecule has 9 heteroatoms. The van der Waals surface area contributed by atoms with Crippen molar-refractivity contribution in [3.8, 4) is 73.7 Å². The zero-order valence-electron chi connectivity index (χ0n) is 45.4. The number of nitrogens with zero attached hydrogens (tertiary/aromatic N) is 7. The number of fused-ring (bicyclic) bond motifs is 3. The van der Waals surface area contributed by atoms with Crippen LogP contribution in [0.25, 0.3) is 84.0 Å². The predicted octanol–water partition coefficient (Wildman–Crippen LogP) is 13.7. The van der Waals surface area contributed by atoms with Crippen LogP contribution in [-0.4, -0.2) is 39.7 Å². The Labute approximate surface area is 421 Å². The van der Waals surface area contributed by atoms with Crippen LogP contribution in [0.4, 0.5) is 11.4 Å². The normalized spacial score (nSPS) is 13.9. The number of benzene rings is 8. The molecule has 11 aromatic rings. The van der Waals surface area contributed by atoms with Crippen LogP contribution in [-0.2, 0) is 21.1 Å². The summed E-state index contributed by atoms with van der Waals surface area (Å²) in [6, 6.07) is 49.7. The molecular weight excluding hydrogens is 1020 g/mol. The van der Waals surface area contributed by atoms with Gasteiger partial charge in [0.15, 0.2) is 11.6 Å². The Hall–Kier alpha value is -8.67. The topological polar surface area (TPSA) is 71.7 Å². The van der Waals surface area contributed by atoms with E-state index in [2.05, 4.69) is 18.1 Å². The second kappa shape index (κ2) is 18.3. The Morgan fingerprint density at radius 1 is 0.529 bits per heavy atom. The summed E-state index contributed by atoms with van der Waals surface area (Å²) in [6.07, 6.45) is 4.98. The van der Waals surface area contributed by atoms with E-state index in [1.807, 2.05) is 114 Å². The SMILES string of the molecule is [2H]c1c([2H])c([2H])c(-c2cccc(-c3c([2H])c([2H])c([2H])c([2H])c3[2H])c2[N+]2=C=[N+](c3[c-]c(Oc4[c-]c5c(cc4-c4nc(-c6ccccc6)nc(-c6ccccc6)n4)c4ccccc4n5-c4ccccn4)ccc3)C=C2)c([2H])c1[2H].[Pt+2]. The molecule has 0 unspecified atom stereocenters. The van der Waals surface area contributed by atoms with E-state index in [-0.39, 0.29) is 60.5 Å². The van der Waals surface area contributed by atoms with E-state index in [0.717, 1.165) is 27.4 Å². The van der Waals surface area contributed by atoms with Crippen molar-refractivity contribution in [3.63, 3.8) is 0 Å². The molecule has 0 saturated heterocycles. The van der Waals surface area contributed by atoms with Gasteiger partial charge in [0.05, 0.1) is 24.8 Å². The zero-order valence-corrected chi connectivity index (χ0v) is 37.7. The fourth-order valence-electron chi connectivity index (χ4n) is 8.12. The summed E-state index contributed by atoms with van der Waals surface area (Å²) >= 11 is 0. The number of hydrogen-bond donors (Lipinski definition) is 0. The Balaban J connectivity index is 0.00000645. The monoisotopic (exact) mass is 1060 g/mol. The number of rotatable bonds is 10. The standard InChI is InChI=1S/C59H37N7O.Pt/c1-5-19-41(20-6-1)47-30-18-31-48(42-21-7-2-8-22-42)56(47)65-36-35-64(40-65)45-27-17-28-46(37-45)67-54-39-53-50(49-29-13-14-32-52(49)66(53)55-33-15-16-34-60-55)38-51(54)59-62-57(43-23-9-3-10-24-43)61-58(63-59)44-25-11-4-12-26-44;/h1-36,38H;/q;+2/i1D,2D,5D,6D,7D,8D,19D,20D,21D,22D;. The molecule has 8 aromatic carbocycles. The molecule has 0 atom stereocenters. The molecule has 0 radical (unpaired) electrons. The van der Waals surface area contributed by atoms with Crippen molar-refractivity contribution in [2.75, 3.05) is 0 Å². The fourth-order valence-corrected chi connectivity index (χ4v) is 8.12. The number of pyridine rings is 1. The van der Waals surface area contributed by atoms with Crippen molar-refractivity contribution in [3.05, 3.63) is 237 Å². The number of hydrogen-bond acceptors (Lipinski definition) is 5. The molecule has 0 bridgehead atoms. The van der Waals surface area contributed by atoms with Gasteiger partial charge in [-0.1, -0.05) is 178 Å². The van der Waals surface area contributed by atoms with Crippen LogP contribution in [0.15, 0.2) is 225 Å². The van der Waals surface area contributed by atoms with Crippen LogP contribution < -0.4 is 4.74 Å². The average molecular weight is 1070 g/mol. The van der Waals surface area contributed by atoms with Gasteiger partial charge in [0, 0.05) is 34.3 Å². The van der Waals surface area contributed by atoms with Crippen LogP contribution >= 0.6 is 0 Å². The molecule has 0 aliphatic carbocycles. The zero-order chi connectivity index (χ0) is 53.2. The molecular formula is C59H37N7OPt+2. The van der Waals surface area contributed by atoms with Gasteiger partial charge < -0.3 is 9.30 Å². The van der Waals surface area contributed by atoms with E-state index in [1.165, 1.54) is 4.58 Å². The summed E-state index contributed by atoms with van der Waals surface area (Å²) < 4.78 is 98.5. The van der Waals surface area contributed by atoms with Crippen LogP contribution in [0.1, 0.15) is 13.7 Å². The molecule has 1 aliphatic rings. The quantitative estimate of drug-likeness (QED) is 0.101. The first-order chi connectivity index (χ1) is 37.4. The van der Waals surface area contributed by atoms with Gasteiger partial charge in [0.1, 0.15) is 17.3 Å². The van der Waals surface area contributed by atoms with Gasteiger partial charge in [0.2, 0.25) is 5.69 Å². The largest absolute Gasteiger partial charge is 2.00 e. The minimum atomic E-state index is -0.586. The molecule has 0 N–H and O–H groups in total. The second-order valence-corrected chi connectivity index (χ2v) is 15.2. The fraction of sp³-hybridized carbons (Fsp3) is 0. The van der Waals surface area contributed by atoms with Gasteiger partial charge in [-0.2, -0.15) is 6.07 Å². The van der Waals surface area contributed by atoms with Crippen LogP contribution in [0.2, 0.25) is 0 Å². The summed E-state index contributed by atoms with van der Waals surface area (Å²) in [5.41, 5.74) is 4.12. The second-order valence-electron chi connectivity index (χ2n) is 15.2. The maximum atomic E-state index is 8.95. The molecule has 3 aromatic heterocycles.